The zero-order chi connectivity index (χ0) is 15.5. The van der Waals surface area contributed by atoms with Crippen LogP contribution in [0.4, 0.5) is 10.5 Å². The fourth-order valence-electron chi connectivity index (χ4n) is 1.53. The smallest absolute Gasteiger partial charge is 0.323 e. The van der Waals surface area contributed by atoms with Gasteiger partial charge in [0, 0.05) is 5.54 Å². The molecule has 2 amide bonds. The molecule has 0 fully saturated rings. The minimum absolute atomic E-state index is 0.215. The molecule has 1 aromatic rings. The Morgan fingerprint density at radius 2 is 1.90 bits per heavy atom. The van der Waals surface area contributed by atoms with E-state index in [1.54, 1.807) is 39.0 Å². The van der Waals surface area contributed by atoms with Crippen molar-refractivity contribution in [3.05, 3.63) is 28.2 Å². The van der Waals surface area contributed by atoms with Crippen LogP contribution in [0.25, 0.3) is 0 Å². The number of nitrogens with zero attached hydrogens (tertiary/aromatic N) is 1. The van der Waals surface area contributed by atoms with Gasteiger partial charge < -0.3 is 15.3 Å². The minimum atomic E-state index is -1.09. The summed E-state index contributed by atoms with van der Waals surface area (Å²) in [6, 6.07) is 4.28. The fourth-order valence-corrected chi connectivity index (χ4v) is 1.88. The van der Waals surface area contributed by atoms with Crippen LogP contribution in [-0.2, 0) is 4.79 Å². The number of benzene rings is 1. The lowest BCUT2D eigenvalue weighted by Gasteiger charge is -2.34. The summed E-state index contributed by atoms with van der Waals surface area (Å²) in [5, 5.41) is 12.0. The van der Waals surface area contributed by atoms with Gasteiger partial charge in [0.15, 0.2) is 0 Å². The zero-order valence-corrected chi connectivity index (χ0v) is 12.9. The Balaban J connectivity index is 2.97. The number of carbonyl (C=O) groups excluding carboxylic acids is 1. The average Bonchev–Trinajstić information content (AvgIpc) is 2.30. The summed E-state index contributed by atoms with van der Waals surface area (Å²) in [5.41, 5.74) is -0.308. The number of hydrogen-bond acceptors (Lipinski definition) is 2. The molecule has 0 aliphatic heterocycles. The van der Waals surface area contributed by atoms with Gasteiger partial charge in [-0.3, -0.25) is 4.79 Å². The Hall–Kier alpha value is -1.46. The first kappa shape index (κ1) is 16.6. The van der Waals surface area contributed by atoms with Crippen LogP contribution in [0.2, 0.25) is 10.0 Å². The maximum Gasteiger partial charge on any atom is 0.323 e. The highest BCUT2D eigenvalue weighted by molar-refractivity contribution is 6.43. The van der Waals surface area contributed by atoms with E-state index in [9.17, 15) is 9.59 Å². The highest BCUT2D eigenvalue weighted by Gasteiger charge is 2.28. The minimum Gasteiger partial charge on any atom is -0.480 e. The number of carbonyl (C=O) groups is 2. The second-order valence-electron chi connectivity index (χ2n) is 5.18. The van der Waals surface area contributed by atoms with E-state index in [4.69, 9.17) is 28.3 Å². The molecule has 0 heterocycles. The predicted octanol–water partition coefficient (Wildman–Crippen LogP) is 3.71. The maximum atomic E-state index is 12.2. The molecule has 0 radical (unpaired) electrons. The van der Waals surface area contributed by atoms with Crippen molar-refractivity contribution in [2.24, 2.45) is 0 Å². The third-order valence-corrected chi connectivity index (χ3v) is 3.36. The van der Waals surface area contributed by atoms with Gasteiger partial charge in [0.25, 0.3) is 0 Å². The lowest BCUT2D eigenvalue weighted by molar-refractivity contribution is -0.138. The van der Waals surface area contributed by atoms with Crippen molar-refractivity contribution in [1.82, 2.24) is 4.90 Å². The monoisotopic (exact) mass is 318 g/mol. The van der Waals surface area contributed by atoms with E-state index in [0.29, 0.717) is 10.7 Å². The van der Waals surface area contributed by atoms with Crippen LogP contribution in [0.5, 0.6) is 0 Å². The molecule has 0 spiro atoms. The lowest BCUT2D eigenvalue weighted by atomic mass is 10.1. The molecule has 7 heteroatoms. The van der Waals surface area contributed by atoms with Gasteiger partial charge in [0.05, 0.1) is 15.7 Å². The summed E-state index contributed by atoms with van der Waals surface area (Å²) in [6.45, 7) is 4.83. The van der Waals surface area contributed by atoms with E-state index in [1.165, 1.54) is 4.90 Å². The first-order valence-electron chi connectivity index (χ1n) is 5.87. The number of carboxylic acids is 1. The molecule has 1 aromatic carbocycles. The van der Waals surface area contributed by atoms with E-state index in [1.807, 2.05) is 0 Å². The SMILES string of the molecule is CC(C)(C)N(CC(=O)O)C(=O)Nc1cccc(Cl)c1Cl. The van der Waals surface area contributed by atoms with Crippen LogP contribution in [0.3, 0.4) is 0 Å². The topological polar surface area (TPSA) is 69.6 Å². The molecule has 0 atom stereocenters. The number of carboxylic acid groups (broad SMARTS) is 1. The molecule has 0 bridgehead atoms. The van der Waals surface area contributed by atoms with E-state index in [2.05, 4.69) is 5.32 Å². The van der Waals surface area contributed by atoms with Gasteiger partial charge in [0.2, 0.25) is 0 Å². The molecule has 2 N–H and O–H groups in total. The van der Waals surface area contributed by atoms with Gasteiger partial charge in [0.1, 0.15) is 6.54 Å². The molecule has 0 saturated heterocycles. The molecule has 1 rings (SSSR count). The van der Waals surface area contributed by atoms with Crippen molar-refractivity contribution in [1.29, 1.82) is 0 Å². The molecule has 0 unspecified atom stereocenters. The summed E-state index contributed by atoms with van der Waals surface area (Å²) in [7, 11) is 0. The Labute approximate surface area is 127 Å². The van der Waals surface area contributed by atoms with Gasteiger partial charge in [-0.2, -0.15) is 0 Å². The molecular weight excluding hydrogens is 303 g/mol. The van der Waals surface area contributed by atoms with Crippen LogP contribution in [-0.4, -0.2) is 34.1 Å². The number of hydrogen-bond donors (Lipinski definition) is 2. The van der Waals surface area contributed by atoms with Gasteiger partial charge in [-0.05, 0) is 32.9 Å². The number of halogens is 2. The van der Waals surface area contributed by atoms with Crippen molar-refractivity contribution < 1.29 is 14.7 Å². The van der Waals surface area contributed by atoms with Gasteiger partial charge in [-0.1, -0.05) is 29.3 Å². The number of urea groups is 1. The number of rotatable bonds is 3. The molecule has 0 saturated carbocycles. The van der Waals surface area contributed by atoms with Gasteiger partial charge in [-0.25, -0.2) is 4.79 Å². The van der Waals surface area contributed by atoms with Crippen LogP contribution in [0.1, 0.15) is 20.8 Å². The van der Waals surface area contributed by atoms with E-state index in [-0.39, 0.29) is 5.02 Å². The number of amides is 2. The summed E-state index contributed by atoms with van der Waals surface area (Å²) >= 11 is 11.8. The van der Waals surface area contributed by atoms with E-state index < -0.39 is 24.1 Å². The quantitative estimate of drug-likeness (QED) is 0.892. The second kappa shape index (κ2) is 6.33. The summed E-state index contributed by atoms with van der Waals surface area (Å²) < 4.78 is 0. The number of nitrogens with one attached hydrogen (secondary N) is 1. The molecule has 0 aliphatic rings. The van der Waals surface area contributed by atoms with Crippen LogP contribution >= 0.6 is 23.2 Å². The van der Waals surface area contributed by atoms with Crippen molar-refractivity contribution in [3.63, 3.8) is 0 Å². The number of aliphatic carboxylic acids is 1. The third kappa shape index (κ3) is 4.28. The van der Waals surface area contributed by atoms with E-state index >= 15 is 0 Å². The number of anilines is 1. The molecular formula is C13H16Cl2N2O3. The predicted molar refractivity (Wildman–Crippen MR) is 79.6 cm³/mol. The Bertz CT molecular complexity index is 527. The van der Waals surface area contributed by atoms with Crippen molar-refractivity contribution >= 4 is 40.9 Å². The Kier molecular flexibility index (Phi) is 5.25. The zero-order valence-electron chi connectivity index (χ0n) is 11.4. The van der Waals surface area contributed by atoms with Gasteiger partial charge in [-0.15, -0.1) is 0 Å². The van der Waals surface area contributed by atoms with Crippen molar-refractivity contribution in [2.75, 3.05) is 11.9 Å². The molecule has 110 valence electrons. The first-order valence-corrected chi connectivity index (χ1v) is 6.63. The van der Waals surface area contributed by atoms with E-state index in [0.717, 1.165) is 0 Å². The average molecular weight is 319 g/mol. The standard InChI is InChI=1S/C13H16Cl2N2O3/c1-13(2,3)17(7-10(18)19)12(20)16-9-6-4-5-8(14)11(9)15/h4-6H,7H2,1-3H3,(H,16,20)(H,18,19). The third-order valence-electron chi connectivity index (χ3n) is 2.54. The highest BCUT2D eigenvalue weighted by Crippen LogP contribution is 2.30. The molecule has 0 aliphatic carbocycles. The highest BCUT2D eigenvalue weighted by atomic mass is 35.5. The normalized spacial score (nSPS) is 11.1. The van der Waals surface area contributed by atoms with Crippen molar-refractivity contribution in [2.45, 2.75) is 26.3 Å². The van der Waals surface area contributed by atoms with Crippen LogP contribution < -0.4 is 5.32 Å². The molecule has 20 heavy (non-hydrogen) atoms. The fraction of sp³-hybridized carbons (Fsp3) is 0.385. The summed E-state index contributed by atoms with van der Waals surface area (Å²) in [6.07, 6.45) is 0. The largest absolute Gasteiger partial charge is 0.480 e. The maximum absolute atomic E-state index is 12.2. The molecule has 5 nitrogen and oxygen atoms in total. The van der Waals surface area contributed by atoms with Crippen molar-refractivity contribution in [3.8, 4) is 0 Å². The Morgan fingerprint density at radius 1 is 1.30 bits per heavy atom. The van der Waals surface area contributed by atoms with Crippen LogP contribution in [0, 0.1) is 0 Å². The van der Waals surface area contributed by atoms with Crippen LogP contribution in [0.15, 0.2) is 18.2 Å². The first-order chi connectivity index (χ1) is 9.12. The van der Waals surface area contributed by atoms with Gasteiger partial charge >= 0.3 is 12.0 Å². The lowest BCUT2D eigenvalue weighted by Crippen LogP contribution is -2.50. The second-order valence-corrected chi connectivity index (χ2v) is 5.97. The Morgan fingerprint density at radius 3 is 2.40 bits per heavy atom. The summed E-state index contributed by atoms with van der Waals surface area (Å²) in [4.78, 5) is 24.3. The summed E-state index contributed by atoms with van der Waals surface area (Å²) in [5.74, 6) is -1.09. The molecule has 0 aromatic heterocycles.